The summed E-state index contributed by atoms with van der Waals surface area (Å²) in [5.41, 5.74) is 0.718. The molecule has 0 bridgehead atoms. The molecule has 0 aliphatic rings. The van der Waals surface area contributed by atoms with E-state index < -0.39 is 18.5 Å². The van der Waals surface area contributed by atoms with Gasteiger partial charge in [0.1, 0.15) is 10.0 Å². The highest BCUT2D eigenvalue weighted by molar-refractivity contribution is 6.55. The van der Waals surface area contributed by atoms with Gasteiger partial charge in [-0.2, -0.15) is 0 Å². The zero-order valence-electron chi connectivity index (χ0n) is 15.2. The van der Waals surface area contributed by atoms with Gasteiger partial charge < -0.3 is 14.8 Å². The Morgan fingerprint density at radius 3 is 2.21 bits per heavy atom. The highest BCUT2D eigenvalue weighted by Crippen LogP contribution is 2.48. The van der Waals surface area contributed by atoms with Crippen molar-refractivity contribution in [3.8, 4) is 5.75 Å². The van der Waals surface area contributed by atoms with E-state index in [1.165, 1.54) is 6.07 Å². The second-order valence-corrected chi connectivity index (χ2v) is 7.70. The summed E-state index contributed by atoms with van der Waals surface area (Å²) in [5.74, 6) is -1.04. The van der Waals surface area contributed by atoms with Crippen LogP contribution in [0, 0.1) is 0 Å². The van der Waals surface area contributed by atoms with E-state index in [4.69, 9.17) is 67.5 Å². The second kappa shape index (κ2) is 11.1. The van der Waals surface area contributed by atoms with Gasteiger partial charge in [-0.1, -0.05) is 77.4 Å². The van der Waals surface area contributed by atoms with E-state index in [2.05, 4.69) is 5.32 Å². The van der Waals surface area contributed by atoms with Gasteiger partial charge in [-0.15, -0.1) is 0 Å². The summed E-state index contributed by atoms with van der Waals surface area (Å²) in [4.78, 5) is 24.2. The number of hydrogen-bond donors (Lipinski definition) is 1. The fourth-order valence-electron chi connectivity index (χ4n) is 2.16. The van der Waals surface area contributed by atoms with Crippen molar-refractivity contribution in [1.29, 1.82) is 0 Å². The quantitative estimate of drug-likeness (QED) is 0.185. The molecule has 0 unspecified atom stereocenters. The van der Waals surface area contributed by atoms with E-state index in [0.717, 1.165) is 12.8 Å². The van der Waals surface area contributed by atoms with Gasteiger partial charge in [0.2, 0.25) is 0 Å². The van der Waals surface area contributed by atoms with Crippen molar-refractivity contribution in [1.82, 2.24) is 0 Å². The Labute approximate surface area is 193 Å². The molecule has 0 atom stereocenters. The number of amides is 1. The predicted octanol–water partition coefficient (Wildman–Crippen LogP) is 6.93. The molecule has 0 fully saturated rings. The van der Waals surface area contributed by atoms with Crippen molar-refractivity contribution in [2.75, 3.05) is 18.5 Å². The largest absolute Gasteiger partial charge is 0.481 e. The highest BCUT2D eigenvalue weighted by Gasteiger charge is 2.21. The van der Waals surface area contributed by atoms with Crippen molar-refractivity contribution in [2.45, 2.75) is 19.8 Å². The summed E-state index contributed by atoms with van der Waals surface area (Å²) in [5, 5.41) is 2.40. The van der Waals surface area contributed by atoms with Crippen LogP contribution in [0.2, 0.25) is 25.1 Å². The zero-order valence-corrected chi connectivity index (χ0v) is 18.9. The van der Waals surface area contributed by atoms with E-state index >= 15 is 0 Å². The first kappa shape index (κ1) is 23.9. The predicted molar refractivity (Wildman–Crippen MR) is 117 cm³/mol. The average molecular weight is 500 g/mol. The number of unbranched alkanes of at least 4 members (excludes halogenated alkanes) is 1. The Kier molecular flexibility index (Phi) is 9.18. The first-order valence-corrected chi connectivity index (χ1v) is 10.4. The molecular formula is C19H16Cl5NO4. The third-order valence-corrected chi connectivity index (χ3v) is 5.87. The normalized spacial score (nSPS) is 10.6. The van der Waals surface area contributed by atoms with Gasteiger partial charge in [0.05, 0.1) is 27.2 Å². The van der Waals surface area contributed by atoms with E-state index in [0.29, 0.717) is 17.9 Å². The lowest BCUT2D eigenvalue weighted by atomic mass is 10.2. The molecule has 2 aromatic carbocycles. The molecule has 2 rings (SSSR count). The molecule has 10 heteroatoms. The summed E-state index contributed by atoms with van der Waals surface area (Å²) in [6.45, 7) is 1.91. The van der Waals surface area contributed by atoms with Gasteiger partial charge in [0.15, 0.2) is 12.4 Å². The second-order valence-electron chi connectivity index (χ2n) is 5.81. The fourth-order valence-corrected chi connectivity index (χ4v) is 3.39. The van der Waals surface area contributed by atoms with Crippen LogP contribution in [0.4, 0.5) is 5.69 Å². The Morgan fingerprint density at radius 1 is 0.966 bits per heavy atom. The Bertz CT molecular complexity index is 891. The minimum absolute atomic E-state index is 0.0113. The number of carbonyl (C=O) groups excluding carboxylic acids is 2. The Balaban J connectivity index is 2.02. The van der Waals surface area contributed by atoms with Crippen LogP contribution in [-0.4, -0.2) is 25.1 Å². The third-order valence-electron chi connectivity index (χ3n) is 3.63. The maximum atomic E-state index is 12.2. The Morgan fingerprint density at radius 2 is 1.59 bits per heavy atom. The van der Waals surface area contributed by atoms with Crippen LogP contribution in [-0.2, 0) is 9.53 Å². The number of carbonyl (C=O) groups is 2. The molecule has 156 valence electrons. The molecule has 0 aliphatic heterocycles. The average Bonchev–Trinajstić information content (AvgIpc) is 2.71. The molecule has 5 nitrogen and oxygen atoms in total. The summed E-state index contributed by atoms with van der Waals surface area (Å²) >= 11 is 30.0. The SMILES string of the molecule is CCCCOC(=O)c1cccc(NC(=O)COc2c(Cl)c(Cl)c(Cl)c(Cl)c2Cl)c1. The Hall–Kier alpha value is -1.37. The van der Waals surface area contributed by atoms with Crippen LogP contribution in [0.1, 0.15) is 30.1 Å². The van der Waals surface area contributed by atoms with Gasteiger partial charge in [-0.3, -0.25) is 4.79 Å². The molecular weight excluding hydrogens is 483 g/mol. The van der Waals surface area contributed by atoms with Crippen molar-refractivity contribution < 1.29 is 19.1 Å². The number of esters is 1. The maximum absolute atomic E-state index is 12.2. The monoisotopic (exact) mass is 497 g/mol. The molecule has 0 radical (unpaired) electrons. The summed E-state index contributed by atoms with van der Waals surface area (Å²) in [6, 6.07) is 6.34. The minimum Gasteiger partial charge on any atom is -0.481 e. The first-order valence-electron chi connectivity index (χ1n) is 8.47. The van der Waals surface area contributed by atoms with E-state index in [-0.39, 0.29) is 30.9 Å². The van der Waals surface area contributed by atoms with Crippen LogP contribution in [0.25, 0.3) is 0 Å². The third kappa shape index (κ3) is 6.30. The summed E-state index contributed by atoms with van der Waals surface area (Å²) < 4.78 is 10.5. The number of halogens is 5. The number of hydrogen-bond acceptors (Lipinski definition) is 4. The van der Waals surface area contributed by atoms with Crippen molar-refractivity contribution in [3.05, 3.63) is 54.9 Å². The van der Waals surface area contributed by atoms with Crippen molar-refractivity contribution in [3.63, 3.8) is 0 Å². The summed E-state index contributed by atoms with van der Waals surface area (Å²) in [7, 11) is 0. The number of rotatable bonds is 8. The molecule has 0 spiro atoms. The van der Waals surface area contributed by atoms with Crippen LogP contribution < -0.4 is 10.1 Å². The number of nitrogens with one attached hydrogen (secondary N) is 1. The molecule has 0 heterocycles. The standard InChI is InChI=1S/C19H16Cl5NO4/c1-2-3-7-28-19(27)10-5-4-6-11(8-10)25-12(26)9-29-18-16(23)14(21)13(20)15(22)17(18)24/h4-6,8H,2-3,7,9H2,1H3,(H,25,26). The summed E-state index contributed by atoms with van der Waals surface area (Å²) in [6.07, 6.45) is 1.70. The van der Waals surface area contributed by atoms with Gasteiger partial charge in [-0.25, -0.2) is 4.79 Å². The maximum Gasteiger partial charge on any atom is 0.338 e. The molecule has 0 aromatic heterocycles. The van der Waals surface area contributed by atoms with E-state index in [1.807, 2.05) is 6.92 Å². The van der Waals surface area contributed by atoms with Gasteiger partial charge in [0.25, 0.3) is 5.91 Å². The zero-order chi connectivity index (χ0) is 21.6. The lowest BCUT2D eigenvalue weighted by Gasteiger charge is -2.14. The molecule has 2 aromatic rings. The minimum atomic E-state index is -0.518. The first-order chi connectivity index (χ1) is 13.8. The van der Waals surface area contributed by atoms with Crippen LogP contribution in [0.5, 0.6) is 5.75 Å². The fraction of sp³-hybridized carbons (Fsp3) is 0.263. The molecule has 1 amide bonds. The van der Waals surface area contributed by atoms with Crippen LogP contribution in [0.3, 0.4) is 0 Å². The molecule has 0 saturated heterocycles. The van der Waals surface area contributed by atoms with Gasteiger partial charge >= 0.3 is 5.97 Å². The number of anilines is 1. The topological polar surface area (TPSA) is 64.6 Å². The van der Waals surface area contributed by atoms with Crippen molar-refractivity contribution >= 4 is 75.6 Å². The van der Waals surface area contributed by atoms with E-state index in [1.54, 1.807) is 18.2 Å². The number of benzene rings is 2. The van der Waals surface area contributed by atoms with Crippen LogP contribution in [0.15, 0.2) is 24.3 Å². The lowest BCUT2D eigenvalue weighted by molar-refractivity contribution is -0.118. The molecule has 29 heavy (non-hydrogen) atoms. The van der Waals surface area contributed by atoms with Gasteiger partial charge in [-0.05, 0) is 24.6 Å². The van der Waals surface area contributed by atoms with Crippen molar-refractivity contribution in [2.24, 2.45) is 0 Å². The molecule has 0 saturated carbocycles. The van der Waals surface area contributed by atoms with E-state index in [9.17, 15) is 9.59 Å². The van der Waals surface area contributed by atoms with Crippen LogP contribution >= 0.6 is 58.0 Å². The number of ether oxygens (including phenoxy) is 2. The lowest BCUT2D eigenvalue weighted by Crippen LogP contribution is -2.20. The molecule has 0 aliphatic carbocycles. The molecule has 1 N–H and O–H groups in total. The highest BCUT2D eigenvalue weighted by atomic mass is 35.5. The smallest absolute Gasteiger partial charge is 0.338 e. The van der Waals surface area contributed by atoms with Gasteiger partial charge in [0, 0.05) is 5.69 Å².